The third kappa shape index (κ3) is 7.32. The van der Waals surface area contributed by atoms with Crippen molar-refractivity contribution >= 4 is 5.91 Å². The summed E-state index contributed by atoms with van der Waals surface area (Å²) in [4.78, 5) is 12.5. The predicted molar refractivity (Wildman–Crippen MR) is 54.1 cm³/mol. The molecule has 0 rings (SSSR count). The molecule has 72 valence electrons. The van der Waals surface area contributed by atoms with Crippen LogP contribution in [-0.2, 0) is 4.79 Å². The molecule has 1 amide bonds. The van der Waals surface area contributed by atoms with Crippen molar-refractivity contribution in [2.45, 2.75) is 34.1 Å². The molecular weight excluding hydrogens is 150 g/mol. The van der Waals surface area contributed by atoms with Crippen molar-refractivity contribution in [1.82, 2.24) is 4.90 Å². The van der Waals surface area contributed by atoms with Crippen molar-refractivity contribution in [3.05, 3.63) is 11.6 Å². The van der Waals surface area contributed by atoms with Crippen LogP contribution in [0.3, 0.4) is 0 Å². The second-order valence-corrected chi connectivity index (χ2v) is 2.58. The first kappa shape index (κ1) is 13.8. The van der Waals surface area contributed by atoms with Crippen LogP contribution in [0.25, 0.3) is 0 Å². The van der Waals surface area contributed by atoms with Gasteiger partial charge in [0, 0.05) is 20.2 Å². The van der Waals surface area contributed by atoms with Crippen LogP contribution >= 0.6 is 0 Å². The lowest BCUT2D eigenvalue weighted by Gasteiger charge is -2.06. The highest BCUT2D eigenvalue weighted by Gasteiger charge is 1.97. The van der Waals surface area contributed by atoms with Gasteiger partial charge in [0.15, 0.2) is 0 Å². The molecule has 0 spiro atoms. The van der Waals surface area contributed by atoms with Crippen molar-refractivity contribution in [2.24, 2.45) is 0 Å². The fourth-order valence-corrected chi connectivity index (χ4v) is 0.442. The van der Waals surface area contributed by atoms with Gasteiger partial charge in [-0.1, -0.05) is 26.3 Å². The molecule has 0 saturated carbocycles. The van der Waals surface area contributed by atoms with Crippen LogP contribution in [0.4, 0.5) is 0 Å². The van der Waals surface area contributed by atoms with Crippen LogP contribution in [0.5, 0.6) is 0 Å². The van der Waals surface area contributed by atoms with Gasteiger partial charge >= 0.3 is 0 Å². The highest BCUT2D eigenvalue weighted by atomic mass is 16.2. The lowest BCUT2D eigenvalue weighted by atomic mass is 10.2. The van der Waals surface area contributed by atoms with E-state index < -0.39 is 0 Å². The summed E-state index contributed by atoms with van der Waals surface area (Å²) >= 11 is 0. The Morgan fingerprint density at radius 1 is 1.33 bits per heavy atom. The minimum atomic E-state index is 0.0688. The van der Waals surface area contributed by atoms with E-state index >= 15 is 0 Å². The number of carbonyl (C=O) groups excluding carboxylic acids is 1. The molecule has 0 bridgehead atoms. The molecule has 0 atom stereocenters. The molecule has 0 fully saturated rings. The summed E-state index contributed by atoms with van der Waals surface area (Å²) in [6.07, 6.45) is 2.61. The SMILES string of the molecule is CC.CC/C(C)=C\C(=O)N(C)C. The Balaban J connectivity index is 0. The van der Waals surface area contributed by atoms with Gasteiger partial charge in [0.25, 0.3) is 0 Å². The maximum Gasteiger partial charge on any atom is 0.245 e. The average Bonchev–Trinajstić information content (AvgIpc) is 2.07. The number of likely N-dealkylation sites (N-methyl/N-ethyl adjacent to an activating group) is 1. The van der Waals surface area contributed by atoms with Crippen molar-refractivity contribution in [1.29, 1.82) is 0 Å². The molecule has 0 radical (unpaired) electrons. The van der Waals surface area contributed by atoms with Gasteiger partial charge in [-0.2, -0.15) is 0 Å². The van der Waals surface area contributed by atoms with Crippen LogP contribution in [0.2, 0.25) is 0 Å². The zero-order chi connectivity index (χ0) is 10.1. The molecule has 0 N–H and O–H groups in total. The molecule has 0 aromatic rings. The van der Waals surface area contributed by atoms with Crippen molar-refractivity contribution in [2.75, 3.05) is 14.1 Å². The van der Waals surface area contributed by atoms with Gasteiger partial charge in [-0.05, 0) is 13.3 Å². The van der Waals surface area contributed by atoms with E-state index in [9.17, 15) is 4.79 Å². The molecule has 0 unspecified atom stereocenters. The molecule has 0 heterocycles. The molecule has 0 aliphatic rings. The number of allylic oxidation sites excluding steroid dienone is 1. The summed E-state index contributed by atoms with van der Waals surface area (Å²) in [5.41, 5.74) is 1.12. The Labute approximate surface area is 76.3 Å². The summed E-state index contributed by atoms with van der Waals surface area (Å²) in [6.45, 7) is 8.00. The fraction of sp³-hybridized carbons (Fsp3) is 0.700. The largest absolute Gasteiger partial charge is 0.345 e. The second-order valence-electron chi connectivity index (χ2n) is 2.58. The summed E-state index contributed by atoms with van der Waals surface area (Å²) in [5.74, 6) is 0.0688. The third-order valence-corrected chi connectivity index (χ3v) is 1.37. The van der Waals surface area contributed by atoms with Crippen molar-refractivity contribution in [3.8, 4) is 0 Å². The van der Waals surface area contributed by atoms with Crippen LogP contribution in [0.1, 0.15) is 34.1 Å². The lowest BCUT2D eigenvalue weighted by molar-refractivity contribution is -0.123. The van der Waals surface area contributed by atoms with Crippen LogP contribution in [-0.4, -0.2) is 24.9 Å². The van der Waals surface area contributed by atoms with Gasteiger partial charge in [-0.15, -0.1) is 0 Å². The Morgan fingerprint density at radius 2 is 1.75 bits per heavy atom. The monoisotopic (exact) mass is 171 g/mol. The van der Waals surface area contributed by atoms with E-state index in [4.69, 9.17) is 0 Å². The molecule has 0 aromatic carbocycles. The van der Waals surface area contributed by atoms with E-state index in [2.05, 4.69) is 0 Å². The summed E-state index contributed by atoms with van der Waals surface area (Å²) in [5, 5.41) is 0. The van der Waals surface area contributed by atoms with Gasteiger partial charge in [0.05, 0.1) is 0 Å². The van der Waals surface area contributed by atoms with Crippen molar-refractivity contribution < 1.29 is 4.79 Å². The van der Waals surface area contributed by atoms with Gasteiger partial charge in [-0.3, -0.25) is 4.79 Å². The van der Waals surface area contributed by atoms with Crippen LogP contribution in [0, 0.1) is 0 Å². The van der Waals surface area contributed by atoms with E-state index in [1.807, 2.05) is 27.7 Å². The minimum absolute atomic E-state index is 0.0688. The third-order valence-electron chi connectivity index (χ3n) is 1.37. The molecule has 12 heavy (non-hydrogen) atoms. The highest BCUT2D eigenvalue weighted by Crippen LogP contribution is 1.97. The minimum Gasteiger partial charge on any atom is -0.345 e. The molecule has 0 aliphatic heterocycles. The molecule has 0 aliphatic carbocycles. The Kier molecular flexibility index (Phi) is 9.54. The lowest BCUT2D eigenvalue weighted by Crippen LogP contribution is -2.19. The Bertz CT molecular complexity index is 148. The maximum atomic E-state index is 11.0. The topological polar surface area (TPSA) is 20.3 Å². The zero-order valence-electron chi connectivity index (χ0n) is 9.14. The first-order chi connectivity index (χ1) is 5.57. The summed E-state index contributed by atoms with van der Waals surface area (Å²) < 4.78 is 0. The molecular formula is C10H21NO. The van der Waals surface area contributed by atoms with E-state index in [1.165, 1.54) is 0 Å². The molecule has 0 aromatic heterocycles. The molecule has 2 heteroatoms. The highest BCUT2D eigenvalue weighted by molar-refractivity contribution is 5.87. The smallest absolute Gasteiger partial charge is 0.245 e. The first-order valence-electron chi connectivity index (χ1n) is 4.46. The summed E-state index contributed by atoms with van der Waals surface area (Å²) in [7, 11) is 3.50. The number of amides is 1. The number of hydrogen-bond donors (Lipinski definition) is 0. The average molecular weight is 171 g/mol. The number of rotatable bonds is 2. The number of nitrogens with zero attached hydrogens (tertiary/aromatic N) is 1. The predicted octanol–water partition coefficient (Wildman–Crippen LogP) is 2.46. The van der Waals surface area contributed by atoms with E-state index in [-0.39, 0.29) is 5.91 Å². The van der Waals surface area contributed by atoms with Crippen molar-refractivity contribution in [3.63, 3.8) is 0 Å². The fourth-order valence-electron chi connectivity index (χ4n) is 0.442. The van der Waals surface area contributed by atoms with E-state index in [0.717, 1.165) is 12.0 Å². The van der Waals surface area contributed by atoms with Crippen LogP contribution in [0.15, 0.2) is 11.6 Å². The summed E-state index contributed by atoms with van der Waals surface area (Å²) in [6, 6.07) is 0. The maximum absolute atomic E-state index is 11.0. The van der Waals surface area contributed by atoms with Gasteiger partial charge < -0.3 is 4.90 Å². The van der Waals surface area contributed by atoms with E-state index in [1.54, 1.807) is 25.1 Å². The molecule has 0 saturated heterocycles. The Morgan fingerprint density at radius 3 is 2.00 bits per heavy atom. The standard InChI is InChI=1S/C8H15NO.C2H6/c1-5-7(2)6-8(10)9(3)4;1-2/h6H,5H2,1-4H3;1-2H3/b7-6-;. The second kappa shape index (κ2) is 8.31. The number of carbonyl (C=O) groups is 1. The quantitative estimate of drug-likeness (QED) is 0.584. The first-order valence-corrected chi connectivity index (χ1v) is 4.46. The van der Waals surface area contributed by atoms with Gasteiger partial charge in [0.2, 0.25) is 5.91 Å². The Hall–Kier alpha value is -0.790. The zero-order valence-corrected chi connectivity index (χ0v) is 9.14. The van der Waals surface area contributed by atoms with Gasteiger partial charge in [0.1, 0.15) is 0 Å². The molecule has 2 nitrogen and oxygen atoms in total. The van der Waals surface area contributed by atoms with E-state index in [0.29, 0.717) is 0 Å². The normalized spacial score (nSPS) is 10.0. The number of hydrogen-bond acceptors (Lipinski definition) is 1. The van der Waals surface area contributed by atoms with Gasteiger partial charge in [-0.25, -0.2) is 0 Å². The van der Waals surface area contributed by atoms with Crippen LogP contribution < -0.4 is 0 Å².